The van der Waals surface area contributed by atoms with Crippen LogP contribution in [0.1, 0.15) is 50.5 Å². The van der Waals surface area contributed by atoms with Gasteiger partial charge in [0.1, 0.15) is 5.82 Å². The van der Waals surface area contributed by atoms with E-state index in [0.29, 0.717) is 11.8 Å². The number of hydrogen-bond acceptors (Lipinski definition) is 1. The largest absolute Gasteiger partial charge is 0.573 e. The maximum absolute atomic E-state index is 14.6. The summed E-state index contributed by atoms with van der Waals surface area (Å²) in [5.41, 5.74) is 1.24. The number of hydrogen-bond donors (Lipinski definition) is 0. The lowest BCUT2D eigenvalue weighted by Crippen LogP contribution is -2.17. The first-order chi connectivity index (χ1) is 12.8. The number of ether oxygens (including phenoxy) is 1. The van der Waals surface area contributed by atoms with Gasteiger partial charge in [0.25, 0.3) is 0 Å². The van der Waals surface area contributed by atoms with Crippen molar-refractivity contribution in [3.05, 3.63) is 53.6 Å². The molecule has 0 saturated heterocycles. The van der Waals surface area contributed by atoms with Crippen molar-refractivity contribution in [2.24, 2.45) is 5.92 Å². The SMILES string of the molecule is CCCC1CCC(c2ccc(-c3ccc(OC(F)(F)F)c(F)c3)c(F)c2)C1. The van der Waals surface area contributed by atoms with E-state index in [-0.39, 0.29) is 11.1 Å². The smallest absolute Gasteiger partial charge is 0.403 e. The quantitative estimate of drug-likeness (QED) is 0.495. The van der Waals surface area contributed by atoms with E-state index in [9.17, 15) is 22.0 Å². The van der Waals surface area contributed by atoms with Crippen molar-refractivity contribution in [1.82, 2.24) is 0 Å². The van der Waals surface area contributed by atoms with E-state index in [1.54, 1.807) is 6.07 Å². The topological polar surface area (TPSA) is 9.23 Å². The Morgan fingerprint density at radius 3 is 2.41 bits per heavy atom. The Balaban J connectivity index is 1.79. The predicted octanol–water partition coefficient (Wildman–Crippen LogP) is 7.21. The molecule has 6 heteroatoms. The molecule has 146 valence electrons. The lowest BCUT2D eigenvalue weighted by atomic mass is 9.93. The predicted molar refractivity (Wildman–Crippen MR) is 93.5 cm³/mol. The Kier molecular flexibility index (Phi) is 5.72. The highest BCUT2D eigenvalue weighted by Gasteiger charge is 2.32. The Bertz CT molecular complexity index is 800. The zero-order valence-electron chi connectivity index (χ0n) is 15.0. The molecule has 3 rings (SSSR count). The fourth-order valence-corrected chi connectivity index (χ4v) is 3.94. The van der Waals surface area contributed by atoms with E-state index in [2.05, 4.69) is 11.7 Å². The molecule has 2 aromatic rings. The molecule has 0 aromatic heterocycles. The summed E-state index contributed by atoms with van der Waals surface area (Å²) in [4.78, 5) is 0. The molecule has 0 spiro atoms. The van der Waals surface area contributed by atoms with Crippen molar-refractivity contribution < 1.29 is 26.7 Å². The van der Waals surface area contributed by atoms with Crippen molar-refractivity contribution >= 4 is 0 Å². The molecule has 2 atom stereocenters. The van der Waals surface area contributed by atoms with E-state index < -0.39 is 23.7 Å². The summed E-state index contributed by atoms with van der Waals surface area (Å²) in [5, 5.41) is 0. The molecule has 1 nitrogen and oxygen atoms in total. The highest BCUT2D eigenvalue weighted by Crippen LogP contribution is 2.41. The summed E-state index contributed by atoms with van der Waals surface area (Å²) in [6.45, 7) is 2.16. The molecule has 0 aliphatic heterocycles. The minimum atomic E-state index is -4.98. The Morgan fingerprint density at radius 1 is 1.00 bits per heavy atom. The summed E-state index contributed by atoms with van der Waals surface area (Å²) in [7, 11) is 0. The lowest BCUT2D eigenvalue weighted by molar-refractivity contribution is -0.275. The molecule has 1 fully saturated rings. The summed E-state index contributed by atoms with van der Waals surface area (Å²) in [5.74, 6) is -1.62. The van der Waals surface area contributed by atoms with Gasteiger partial charge in [-0.2, -0.15) is 0 Å². The average Bonchev–Trinajstić information content (AvgIpc) is 3.05. The molecule has 2 aromatic carbocycles. The first-order valence-electron chi connectivity index (χ1n) is 9.12. The first kappa shape index (κ1) is 19.6. The summed E-state index contributed by atoms with van der Waals surface area (Å²) in [6.07, 6.45) is 0.569. The highest BCUT2D eigenvalue weighted by atomic mass is 19.4. The van der Waals surface area contributed by atoms with E-state index in [1.807, 2.05) is 6.07 Å². The molecule has 27 heavy (non-hydrogen) atoms. The zero-order valence-corrected chi connectivity index (χ0v) is 15.0. The second-order valence-electron chi connectivity index (χ2n) is 7.10. The van der Waals surface area contributed by atoms with Crippen LogP contribution in [0.4, 0.5) is 22.0 Å². The normalized spacial score (nSPS) is 20.1. The third-order valence-corrected chi connectivity index (χ3v) is 5.17. The van der Waals surface area contributed by atoms with E-state index in [0.717, 1.165) is 43.4 Å². The van der Waals surface area contributed by atoms with Gasteiger partial charge in [-0.25, -0.2) is 8.78 Å². The number of alkyl halides is 3. The monoisotopic (exact) mass is 384 g/mol. The van der Waals surface area contributed by atoms with E-state index >= 15 is 0 Å². The van der Waals surface area contributed by atoms with Gasteiger partial charge in [-0.3, -0.25) is 0 Å². The van der Waals surface area contributed by atoms with Gasteiger partial charge >= 0.3 is 6.36 Å². The van der Waals surface area contributed by atoms with E-state index in [1.165, 1.54) is 18.6 Å². The minimum Gasteiger partial charge on any atom is -0.403 e. The van der Waals surface area contributed by atoms with Crippen LogP contribution < -0.4 is 4.74 Å². The Labute approximate surface area is 155 Å². The maximum atomic E-state index is 14.6. The summed E-state index contributed by atoms with van der Waals surface area (Å²) < 4.78 is 68.8. The molecule has 1 aliphatic carbocycles. The van der Waals surface area contributed by atoms with Crippen molar-refractivity contribution in [2.45, 2.75) is 51.3 Å². The van der Waals surface area contributed by atoms with Gasteiger partial charge in [-0.15, -0.1) is 13.2 Å². The summed E-state index contributed by atoms with van der Waals surface area (Å²) >= 11 is 0. The van der Waals surface area contributed by atoms with Crippen LogP contribution in [0.5, 0.6) is 5.75 Å². The van der Waals surface area contributed by atoms with Gasteiger partial charge in [0.15, 0.2) is 11.6 Å². The van der Waals surface area contributed by atoms with E-state index in [4.69, 9.17) is 0 Å². The van der Waals surface area contributed by atoms with Crippen molar-refractivity contribution in [3.8, 4) is 16.9 Å². The van der Waals surface area contributed by atoms with Crippen LogP contribution in [0.3, 0.4) is 0 Å². The lowest BCUT2D eigenvalue weighted by Gasteiger charge is -2.14. The summed E-state index contributed by atoms with van der Waals surface area (Å²) in [6, 6.07) is 7.79. The fourth-order valence-electron chi connectivity index (χ4n) is 3.94. The van der Waals surface area contributed by atoms with Crippen LogP contribution in [0.2, 0.25) is 0 Å². The molecule has 2 unspecified atom stereocenters. The molecule has 0 radical (unpaired) electrons. The van der Waals surface area contributed by atoms with Crippen molar-refractivity contribution in [2.75, 3.05) is 0 Å². The zero-order chi connectivity index (χ0) is 19.6. The van der Waals surface area contributed by atoms with Gasteiger partial charge < -0.3 is 4.74 Å². The Morgan fingerprint density at radius 2 is 1.78 bits per heavy atom. The fraction of sp³-hybridized carbons (Fsp3) is 0.429. The van der Waals surface area contributed by atoms with Gasteiger partial charge in [0, 0.05) is 5.56 Å². The second-order valence-corrected chi connectivity index (χ2v) is 7.10. The van der Waals surface area contributed by atoms with Gasteiger partial charge in [0.05, 0.1) is 0 Å². The standard InChI is InChI=1S/C21H21F5O/c1-2-3-13-4-5-14(10-13)15-6-8-17(18(22)11-15)16-7-9-20(19(23)12-16)27-21(24,25)26/h6-9,11-14H,2-5,10H2,1H3. The number of rotatable bonds is 5. The van der Waals surface area contributed by atoms with Crippen LogP contribution in [0.25, 0.3) is 11.1 Å². The molecule has 0 N–H and O–H groups in total. The van der Waals surface area contributed by atoms with Crippen molar-refractivity contribution in [1.29, 1.82) is 0 Å². The van der Waals surface area contributed by atoms with Crippen LogP contribution in [0.15, 0.2) is 36.4 Å². The number of benzene rings is 2. The Hall–Kier alpha value is -2.11. The van der Waals surface area contributed by atoms with Gasteiger partial charge in [-0.1, -0.05) is 38.0 Å². The average molecular weight is 384 g/mol. The third kappa shape index (κ3) is 4.79. The van der Waals surface area contributed by atoms with Crippen LogP contribution >= 0.6 is 0 Å². The number of halogens is 5. The molecule has 0 bridgehead atoms. The molecular formula is C21H21F5O. The third-order valence-electron chi connectivity index (χ3n) is 5.17. The minimum absolute atomic E-state index is 0.152. The first-order valence-corrected chi connectivity index (χ1v) is 9.12. The molecule has 0 amide bonds. The molecular weight excluding hydrogens is 363 g/mol. The second kappa shape index (κ2) is 7.87. The molecule has 0 heterocycles. The van der Waals surface area contributed by atoms with Gasteiger partial charge in [-0.05, 0) is 60.4 Å². The maximum Gasteiger partial charge on any atom is 0.573 e. The van der Waals surface area contributed by atoms with Crippen LogP contribution in [-0.4, -0.2) is 6.36 Å². The highest BCUT2D eigenvalue weighted by molar-refractivity contribution is 5.65. The van der Waals surface area contributed by atoms with Crippen LogP contribution in [-0.2, 0) is 0 Å². The van der Waals surface area contributed by atoms with Crippen LogP contribution in [0, 0.1) is 17.6 Å². The molecule has 1 saturated carbocycles. The van der Waals surface area contributed by atoms with Crippen molar-refractivity contribution in [3.63, 3.8) is 0 Å². The molecule has 1 aliphatic rings. The van der Waals surface area contributed by atoms with Gasteiger partial charge in [0.2, 0.25) is 0 Å².